The molecule has 106 valence electrons. The number of hydrogen-bond acceptors (Lipinski definition) is 4. The minimum Gasteiger partial charge on any atom is -0.383 e. The molecule has 2 N–H and O–H groups in total. The van der Waals surface area contributed by atoms with Crippen molar-refractivity contribution < 1.29 is 0 Å². The normalized spacial score (nSPS) is 12.2. The summed E-state index contributed by atoms with van der Waals surface area (Å²) < 4.78 is 0. The summed E-state index contributed by atoms with van der Waals surface area (Å²) in [6, 6.07) is 7.94. The highest BCUT2D eigenvalue weighted by molar-refractivity contribution is 6.31. The smallest absolute Gasteiger partial charge is 0.137 e. The van der Waals surface area contributed by atoms with Crippen molar-refractivity contribution in [2.45, 2.75) is 26.3 Å². The van der Waals surface area contributed by atoms with Crippen LogP contribution >= 0.6 is 11.6 Å². The molecule has 0 amide bonds. The highest BCUT2D eigenvalue weighted by Gasteiger charge is 2.19. The van der Waals surface area contributed by atoms with E-state index < -0.39 is 0 Å². The van der Waals surface area contributed by atoms with Gasteiger partial charge in [-0.15, -0.1) is 0 Å². The fraction of sp³-hybridized carbons (Fsp3) is 0.333. The van der Waals surface area contributed by atoms with Crippen LogP contribution in [0.5, 0.6) is 0 Å². The van der Waals surface area contributed by atoms with Crippen molar-refractivity contribution >= 4 is 23.2 Å². The summed E-state index contributed by atoms with van der Waals surface area (Å²) in [5.41, 5.74) is 7.97. The third-order valence-electron chi connectivity index (χ3n) is 3.58. The fourth-order valence-electron chi connectivity index (χ4n) is 2.27. The van der Waals surface area contributed by atoms with E-state index in [-0.39, 0.29) is 6.04 Å². The van der Waals surface area contributed by atoms with Crippen LogP contribution in [0.4, 0.5) is 11.6 Å². The zero-order valence-electron chi connectivity index (χ0n) is 12.0. The molecular weight excluding hydrogens is 272 g/mol. The van der Waals surface area contributed by atoms with Crippen molar-refractivity contribution in [1.29, 1.82) is 0 Å². The minimum atomic E-state index is 0.100. The van der Waals surface area contributed by atoms with Crippen molar-refractivity contribution in [1.82, 2.24) is 9.97 Å². The number of hydrogen-bond donors (Lipinski definition) is 1. The van der Waals surface area contributed by atoms with Gasteiger partial charge in [-0.05, 0) is 25.0 Å². The van der Waals surface area contributed by atoms with E-state index in [9.17, 15) is 0 Å². The first kappa shape index (κ1) is 14.6. The third kappa shape index (κ3) is 2.70. The molecule has 1 heterocycles. The van der Waals surface area contributed by atoms with Crippen LogP contribution in [0.1, 0.15) is 31.0 Å². The predicted octanol–water partition coefficient (Wildman–Crippen LogP) is 3.47. The van der Waals surface area contributed by atoms with Crippen LogP contribution in [0.15, 0.2) is 30.6 Å². The first-order chi connectivity index (χ1) is 9.56. The summed E-state index contributed by atoms with van der Waals surface area (Å²) in [7, 11) is 1.99. The lowest BCUT2D eigenvalue weighted by Crippen LogP contribution is -2.24. The van der Waals surface area contributed by atoms with Crippen molar-refractivity contribution in [3.8, 4) is 0 Å². The Balaban J connectivity index is 2.39. The Kier molecular flexibility index (Phi) is 4.45. The van der Waals surface area contributed by atoms with Gasteiger partial charge in [-0.1, -0.05) is 36.7 Å². The fourth-order valence-corrected chi connectivity index (χ4v) is 2.56. The highest BCUT2D eigenvalue weighted by atomic mass is 35.5. The quantitative estimate of drug-likeness (QED) is 0.937. The molecule has 4 nitrogen and oxygen atoms in total. The Morgan fingerprint density at radius 2 is 2.00 bits per heavy atom. The van der Waals surface area contributed by atoms with Gasteiger partial charge < -0.3 is 10.6 Å². The lowest BCUT2D eigenvalue weighted by molar-refractivity contribution is 0.722. The van der Waals surface area contributed by atoms with Crippen LogP contribution in [-0.4, -0.2) is 17.0 Å². The molecule has 0 aliphatic heterocycles. The zero-order chi connectivity index (χ0) is 14.7. The molecular formula is C15H19ClN4. The lowest BCUT2D eigenvalue weighted by Gasteiger charge is -2.28. The van der Waals surface area contributed by atoms with E-state index in [0.717, 1.165) is 28.4 Å². The second kappa shape index (κ2) is 6.09. The number of nitrogens with zero attached hydrogens (tertiary/aromatic N) is 3. The molecule has 1 aromatic heterocycles. The Morgan fingerprint density at radius 3 is 2.65 bits per heavy atom. The van der Waals surface area contributed by atoms with E-state index in [0.29, 0.717) is 5.82 Å². The Labute approximate surface area is 124 Å². The molecule has 1 unspecified atom stereocenters. The number of nitrogen functional groups attached to an aromatic ring is 1. The third-order valence-corrected chi connectivity index (χ3v) is 3.92. The number of aromatic nitrogens is 2. The summed E-state index contributed by atoms with van der Waals surface area (Å²) in [6.07, 6.45) is 2.29. The van der Waals surface area contributed by atoms with Gasteiger partial charge in [0.15, 0.2) is 0 Å². The molecule has 0 bridgehead atoms. The van der Waals surface area contributed by atoms with Gasteiger partial charge in [0.25, 0.3) is 0 Å². The summed E-state index contributed by atoms with van der Waals surface area (Å²) >= 11 is 6.27. The van der Waals surface area contributed by atoms with Crippen LogP contribution in [-0.2, 0) is 6.42 Å². The molecule has 0 spiro atoms. The van der Waals surface area contributed by atoms with Gasteiger partial charge >= 0.3 is 0 Å². The monoisotopic (exact) mass is 290 g/mol. The van der Waals surface area contributed by atoms with Crippen LogP contribution in [0.25, 0.3) is 0 Å². The predicted molar refractivity (Wildman–Crippen MR) is 84.1 cm³/mol. The average Bonchev–Trinajstić information content (AvgIpc) is 2.46. The van der Waals surface area contributed by atoms with Gasteiger partial charge in [-0.25, -0.2) is 9.97 Å². The van der Waals surface area contributed by atoms with E-state index in [4.69, 9.17) is 17.3 Å². The minimum absolute atomic E-state index is 0.100. The van der Waals surface area contributed by atoms with E-state index in [1.807, 2.05) is 38.2 Å². The van der Waals surface area contributed by atoms with Gasteiger partial charge in [0.2, 0.25) is 0 Å². The Hall–Kier alpha value is -1.81. The van der Waals surface area contributed by atoms with Gasteiger partial charge in [0, 0.05) is 17.6 Å². The molecule has 5 heteroatoms. The molecule has 0 saturated carbocycles. The molecule has 0 aliphatic carbocycles. The summed E-state index contributed by atoms with van der Waals surface area (Å²) in [4.78, 5) is 10.5. The number of halogens is 1. The summed E-state index contributed by atoms with van der Waals surface area (Å²) in [5, 5.41) is 0.756. The largest absolute Gasteiger partial charge is 0.383 e. The number of anilines is 2. The van der Waals surface area contributed by atoms with E-state index >= 15 is 0 Å². The maximum atomic E-state index is 6.27. The van der Waals surface area contributed by atoms with E-state index in [1.165, 1.54) is 6.33 Å². The molecule has 20 heavy (non-hydrogen) atoms. The van der Waals surface area contributed by atoms with E-state index in [1.54, 1.807) is 0 Å². The summed E-state index contributed by atoms with van der Waals surface area (Å²) in [6.45, 7) is 4.14. The Bertz CT molecular complexity index is 600. The lowest BCUT2D eigenvalue weighted by atomic mass is 10.1. The molecule has 1 atom stereocenters. The molecule has 2 aromatic rings. The summed E-state index contributed by atoms with van der Waals surface area (Å²) in [5.74, 6) is 1.39. The first-order valence-electron chi connectivity index (χ1n) is 6.62. The second-order valence-corrected chi connectivity index (χ2v) is 5.13. The van der Waals surface area contributed by atoms with Crippen LogP contribution in [0, 0.1) is 0 Å². The topological polar surface area (TPSA) is 55.0 Å². The molecule has 1 aromatic carbocycles. The standard InChI is InChI=1S/C15H19ClN4/c1-4-11-14(17)18-9-19-15(11)20(3)10(2)12-7-5-6-8-13(12)16/h5-10H,4H2,1-3H3,(H2,17,18,19). The Morgan fingerprint density at radius 1 is 1.30 bits per heavy atom. The average molecular weight is 291 g/mol. The van der Waals surface area contributed by atoms with Crippen LogP contribution in [0.2, 0.25) is 5.02 Å². The maximum absolute atomic E-state index is 6.27. The van der Waals surface area contributed by atoms with Crippen molar-refractivity contribution in [3.63, 3.8) is 0 Å². The first-order valence-corrected chi connectivity index (χ1v) is 7.00. The molecule has 2 rings (SSSR count). The van der Waals surface area contributed by atoms with Crippen LogP contribution < -0.4 is 10.6 Å². The highest BCUT2D eigenvalue weighted by Crippen LogP contribution is 2.31. The van der Waals surface area contributed by atoms with Crippen molar-refractivity contribution in [2.24, 2.45) is 0 Å². The number of nitrogens with two attached hydrogens (primary N) is 1. The van der Waals surface area contributed by atoms with E-state index in [2.05, 4.69) is 21.8 Å². The number of benzene rings is 1. The molecule has 0 saturated heterocycles. The maximum Gasteiger partial charge on any atom is 0.137 e. The molecule has 0 fully saturated rings. The molecule has 0 aliphatic rings. The zero-order valence-corrected chi connectivity index (χ0v) is 12.7. The SMILES string of the molecule is CCc1c(N)ncnc1N(C)C(C)c1ccccc1Cl. The van der Waals surface area contributed by atoms with Crippen molar-refractivity contribution in [2.75, 3.05) is 17.7 Å². The van der Waals surface area contributed by atoms with Gasteiger partial charge in [-0.2, -0.15) is 0 Å². The van der Waals surface area contributed by atoms with Gasteiger partial charge in [-0.3, -0.25) is 0 Å². The van der Waals surface area contributed by atoms with Crippen LogP contribution in [0.3, 0.4) is 0 Å². The number of rotatable bonds is 4. The molecule has 0 radical (unpaired) electrons. The van der Waals surface area contributed by atoms with Crippen molar-refractivity contribution in [3.05, 3.63) is 46.7 Å². The van der Waals surface area contributed by atoms with Gasteiger partial charge in [0.05, 0.1) is 6.04 Å². The van der Waals surface area contributed by atoms with Gasteiger partial charge in [0.1, 0.15) is 18.0 Å². The second-order valence-electron chi connectivity index (χ2n) is 4.72.